The molecule has 22 heavy (non-hydrogen) atoms. The molecule has 2 aliphatic heterocycles. The third-order valence-corrected chi connectivity index (χ3v) is 6.44. The topological polar surface area (TPSA) is 58.8 Å². The first-order chi connectivity index (χ1) is 10.7. The molecular formula is C17H29N3O2. The fourth-order valence-electron chi connectivity index (χ4n) is 5.20. The van der Waals surface area contributed by atoms with Crippen LogP contribution in [0.5, 0.6) is 0 Å². The van der Waals surface area contributed by atoms with Crippen molar-refractivity contribution in [1.82, 2.24) is 9.80 Å². The van der Waals surface area contributed by atoms with E-state index in [0.29, 0.717) is 6.54 Å². The van der Waals surface area contributed by atoms with Crippen LogP contribution in [-0.2, 0) is 9.53 Å². The van der Waals surface area contributed by atoms with Crippen LogP contribution in [0.2, 0.25) is 0 Å². The molecule has 2 saturated heterocycles. The molecular weight excluding hydrogens is 278 g/mol. The summed E-state index contributed by atoms with van der Waals surface area (Å²) in [6.45, 7) is 4.38. The molecule has 2 aliphatic carbocycles. The highest BCUT2D eigenvalue weighted by Gasteiger charge is 2.43. The average molecular weight is 307 g/mol. The molecule has 1 amide bonds. The van der Waals surface area contributed by atoms with Crippen LogP contribution in [0.4, 0.5) is 0 Å². The number of hydrogen-bond donors (Lipinski definition) is 1. The average Bonchev–Trinajstić information content (AvgIpc) is 3.30. The monoisotopic (exact) mass is 307 g/mol. The van der Waals surface area contributed by atoms with Gasteiger partial charge in [0.15, 0.2) is 0 Å². The molecule has 4 rings (SSSR count). The van der Waals surface area contributed by atoms with Crippen LogP contribution in [-0.4, -0.2) is 66.7 Å². The van der Waals surface area contributed by atoms with Crippen LogP contribution in [0.15, 0.2) is 0 Å². The fourth-order valence-corrected chi connectivity index (χ4v) is 5.20. The second-order valence-corrected chi connectivity index (χ2v) is 7.66. The van der Waals surface area contributed by atoms with Crippen LogP contribution in [0.1, 0.15) is 38.5 Å². The van der Waals surface area contributed by atoms with E-state index >= 15 is 0 Å². The van der Waals surface area contributed by atoms with Gasteiger partial charge in [0.2, 0.25) is 0 Å². The molecule has 5 nitrogen and oxygen atoms in total. The predicted molar refractivity (Wildman–Crippen MR) is 84.3 cm³/mol. The Bertz CT molecular complexity index is 422. The zero-order valence-electron chi connectivity index (χ0n) is 13.5. The van der Waals surface area contributed by atoms with Gasteiger partial charge in [-0.15, -0.1) is 0 Å². The van der Waals surface area contributed by atoms with Gasteiger partial charge in [0.1, 0.15) is 6.10 Å². The summed E-state index contributed by atoms with van der Waals surface area (Å²) in [5, 5.41) is 0. The van der Waals surface area contributed by atoms with E-state index in [-0.39, 0.29) is 18.1 Å². The Balaban J connectivity index is 1.28. The minimum atomic E-state index is -0.234. The van der Waals surface area contributed by atoms with Crippen molar-refractivity contribution in [1.29, 1.82) is 0 Å². The van der Waals surface area contributed by atoms with Crippen molar-refractivity contribution in [3.8, 4) is 0 Å². The molecule has 4 aliphatic rings. The third-order valence-electron chi connectivity index (χ3n) is 6.44. The number of nitrogens with two attached hydrogens (primary N) is 1. The van der Waals surface area contributed by atoms with Crippen LogP contribution >= 0.6 is 0 Å². The first kappa shape index (κ1) is 14.9. The van der Waals surface area contributed by atoms with Gasteiger partial charge in [-0.2, -0.15) is 0 Å². The fraction of sp³-hybridized carbons (Fsp3) is 0.941. The lowest BCUT2D eigenvalue weighted by molar-refractivity contribution is -0.145. The first-order valence-electron chi connectivity index (χ1n) is 9.13. The van der Waals surface area contributed by atoms with E-state index in [2.05, 4.69) is 4.90 Å². The van der Waals surface area contributed by atoms with Gasteiger partial charge in [-0.05, 0) is 43.9 Å². The maximum atomic E-state index is 12.6. The summed E-state index contributed by atoms with van der Waals surface area (Å²) in [6.07, 6.45) is 7.38. The van der Waals surface area contributed by atoms with Crippen LogP contribution < -0.4 is 5.73 Å². The zero-order chi connectivity index (χ0) is 15.1. The molecule has 2 saturated carbocycles. The van der Waals surface area contributed by atoms with E-state index in [0.717, 1.165) is 56.9 Å². The summed E-state index contributed by atoms with van der Waals surface area (Å²) in [5.41, 5.74) is 5.64. The number of carbonyl (C=O) groups is 1. The van der Waals surface area contributed by atoms with Crippen molar-refractivity contribution < 1.29 is 9.53 Å². The number of piperazine rings is 1. The Morgan fingerprint density at radius 1 is 1.05 bits per heavy atom. The van der Waals surface area contributed by atoms with Crippen molar-refractivity contribution >= 4 is 5.91 Å². The van der Waals surface area contributed by atoms with Crippen molar-refractivity contribution in [2.45, 2.75) is 56.8 Å². The van der Waals surface area contributed by atoms with Gasteiger partial charge in [-0.25, -0.2) is 0 Å². The number of hydrogen-bond acceptors (Lipinski definition) is 4. The van der Waals surface area contributed by atoms with Gasteiger partial charge < -0.3 is 15.4 Å². The van der Waals surface area contributed by atoms with Crippen molar-refractivity contribution in [2.24, 2.45) is 17.6 Å². The summed E-state index contributed by atoms with van der Waals surface area (Å²) >= 11 is 0. The normalized spacial score (nSPS) is 42.2. The van der Waals surface area contributed by atoms with E-state index < -0.39 is 0 Å². The van der Waals surface area contributed by atoms with E-state index in [1.807, 2.05) is 4.90 Å². The number of fused-ring (bicyclic) bond motifs is 2. The van der Waals surface area contributed by atoms with Gasteiger partial charge >= 0.3 is 0 Å². The largest absolute Gasteiger partial charge is 0.364 e. The third kappa shape index (κ3) is 2.68. The number of amides is 1. The molecule has 0 aromatic carbocycles. The Kier molecular flexibility index (Phi) is 4.13. The number of carbonyl (C=O) groups excluding carboxylic acids is 1. The second kappa shape index (κ2) is 6.10. The molecule has 124 valence electrons. The summed E-state index contributed by atoms with van der Waals surface area (Å²) < 4.78 is 5.76. The highest BCUT2D eigenvalue weighted by Crippen LogP contribution is 2.46. The minimum absolute atomic E-state index is 0.0873. The predicted octanol–water partition coefficient (Wildman–Crippen LogP) is 0.826. The Hall–Kier alpha value is -0.650. The molecule has 2 heterocycles. The molecule has 2 N–H and O–H groups in total. The van der Waals surface area contributed by atoms with E-state index in [9.17, 15) is 4.79 Å². The first-order valence-corrected chi connectivity index (χ1v) is 9.13. The lowest BCUT2D eigenvalue weighted by Crippen LogP contribution is -2.54. The van der Waals surface area contributed by atoms with Gasteiger partial charge in [-0.1, -0.05) is 6.42 Å². The van der Waals surface area contributed by atoms with Crippen molar-refractivity contribution in [2.75, 3.05) is 32.7 Å². The van der Waals surface area contributed by atoms with Crippen LogP contribution in [0.3, 0.4) is 0 Å². The van der Waals surface area contributed by atoms with E-state index in [1.165, 1.54) is 25.7 Å². The second-order valence-electron chi connectivity index (χ2n) is 7.66. The Morgan fingerprint density at radius 3 is 2.45 bits per heavy atom. The van der Waals surface area contributed by atoms with E-state index in [1.54, 1.807) is 0 Å². The standard InChI is InChI=1S/C17H29N3O2/c18-11-14-3-4-16(22-14)17(21)20-7-5-19(6-8-20)15-10-12-1-2-13(15)9-12/h12-16H,1-11,18H2/t12?,13?,14-,15?,16+/m1/s1. The Morgan fingerprint density at radius 2 is 1.86 bits per heavy atom. The van der Waals surface area contributed by atoms with Crippen LogP contribution in [0.25, 0.3) is 0 Å². The van der Waals surface area contributed by atoms with Gasteiger partial charge in [0, 0.05) is 38.8 Å². The Labute approximate surface area is 133 Å². The number of nitrogens with zero attached hydrogens (tertiary/aromatic N) is 2. The van der Waals surface area contributed by atoms with Crippen LogP contribution in [0, 0.1) is 11.8 Å². The van der Waals surface area contributed by atoms with E-state index in [4.69, 9.17) is 10.5 Å². The molecule has 4 fully saturated rings. The lowest BCUT2D eigenvalue weighted by atomic mass is 9.93. The maximum Gasteiger partial charge on any atom is 0.251 e. The summed E-state index contributed by atoms with van der Waals surface area (Å²) in [5.74, 6) is 2.13. The molecule has 5 heteroatoms. The summed E-state index contributed by atoms with van der Waals surface area (Å²) in [4.78, 5) is 17.2. The molecule has 5 atom stereocenters. The number of ether oxygens (including phenoxy) is 1. The maximum absolute atomic E-state index is 12.6. The van der Waals surface area contributed by atoms with Crippen molar-refractivity contribution in [3.63, 3.8) is 0 Å². The smallest absolute Gasteiger partial charge is 0.251 e. The zero-order valence-corrected chi connectivity index (χ0v) is 13.5. The summed E-state index contributed by atoms with van der Waals surface area (Å²) in [7, 11) is 0. The van der Waals surface area contributed by atoms with Gasteiger partial charge in [0.05, 0.1) is 6.10 Å². The SMILES string of the molecule is NC[C@H]1CC[C@@H](C(=O)N2CCN(C3CC4CCC3C4)CC2)O1. The minimum Gasteiger partial charge on any atom is -0.364 e. The quantitative estimate of drug-likeness (QED) is 0.839. The highest BCUT2D eigenvalue weighted by atomic mass is 16.5. The van der Waals surface area contributed by atoms with Gasteiger partial charge in [0.25, 0.3) is 5.91 Å². The molecule has 0 aromatic heterocycles. The van der Waals surface area contributed by atoms with Gasteiger partial charge in [-0.3, -0.25) is 9.69 Å². The lowest BCUT2D eigenvalue weighted by Gasteiger charge is -2.41. The highest BCUT2D eigenvalue weighted by molar-refractivity contribution is 5.81. The summed E-state index contributed by atoms with van der Waals surface area (Å²) in [6, 6.07) is 0.806. The molecule has 0 spiro atoms. The molecule has 2 bridgehead atoms. The molecule has 3 unspecified atom stereocenters. The molecule has 0 radical (unpaired) electrons. The number of rotatable bonds is 3. The molecule has 0 aromatic rings. The van der Waals surface area contributed by atoms with Crippen molar-refractivity contribution in [3.05, 3.63) is 0 Å².